The van der Waals surface area contributed by atoms with Crippen LogP contribution in [0, 0.1) is 6.92 Å². The molecule has 0 unspecified atom stereocenters. The van der Waals surface area contributed by atoms with Crippen LogP contribution in [0.3, 0.4) is 0 Å². The van der Waals surface area contributed by atoms with Gasteiger partial charge in [-0.15, -0.1) is 0 Å². The molecule has 1 aromatic heterocycles. The average Bonchev–Trinajstić information content (AvgIpc) is 2.87. The molecule has 1 aromatic carbocycles. The van der Waals surface area contributed by atoms with Gasteiger partial charge in [0.2, 0.25) is 11.8 Å². The Balaban J connectivity index is 1.89. The standard InChI is InChI=1S/C14H15Cl2N3O2/c1-8(14-18-9(2)19-21-14)17-12(20)7-6-10-4-3-5-11(15)13(10)16/h3-5,8H,6-7H2,1-2H3,(H,17,20)/t8-/m1/s1. The molecule has 2 aromatic rings. The molecule has 7 heteroatoms. The highest BCUT2D eigenvalue weighted by molar-refractivity contribution is 6.42. The molecule has 0 spiro atoms. The highest BCUT2D eigenvalue weighted by Crippen LogP contribution is 2.26. The first-order chi connectivity index (χ1) is 9.97. The lowest BCUT2D eigenvalue weighted by Gasteiger charge is -2.10. The minimum Gasteiger partial charge on any atom is -0.345 e. The fourth-order valence-electron chi connectivity index (χ4n) is 1.85. The van der Waals surface area contributed by atoms with Gasteiger partial charge >= 0.3 is 0 Å². The van der Waals surface area contributed by atoms with Crippen LogP contribution in [0.1, 0.15) is 36.7 Å². The number of carbonyl (C=O) groups is 1. The third-order valence-corrected chi connectivity index (χ3v) is 3.80. The van der Waals surface area contributed by atoms with Gasteiger partial charge in [0.25, 0.3) is 0 Å². The third kappa shape index (κ3) is 4.19. The van der Waals surface area contributed by atoms with Crippen molar-refractivity contribution in [3.63, 3.8) is 0 Å². The summed E-state index contributed by atoms with van der Waals surface area (Å²) in [6.45, 7) is 3.51. The Labute approximate surface area is 132 Å². The molecule has 1 heterocycles. The lowest BCUT2D eigenvalue weighted by molar-refractivity contribution is -0.121. The van der Waals surface area contributed by atoms with Crippen LogP contribution in [0.5, 0.6) is 0 Å². The summed E-state index contributed by atoms with van der Waals surface area (Å²) in [6.07, 6.45) is 0.818. The van der Waals surface area contributed by atoms with Gasteiger partial charge in [0.15, 0.2) is 5.82 Å². The maximum atomic E-state index is 11.9. The van der Waals surface area contributed by atoms with E-state index < -0.39 is 0 Å². The van der Waals surface area contributed by atoms with Crippen LogP contribution in [-0.4, -0.2) is 16.0 Å². The van der Waals surface area contributed by atoms with Crippen LogP contribution < -0.4 is 5.32 Å². The largest absolute Gasteiger partial charge is 0.345 e. The molecular weight excluding hydrogens is 313 g/mol. The Morgan fingerprint density at radius 1 is 1.43 bits per heavy atom. The zero-order chi connectivity index (χ0) is 15.4. The Morgan fingerprint density at radius 3 is 2.86 bits per heavy atom. The van der Waals surface area contributed by atoms with E-state index in [1.165, 1.54) is 0 Å². The second-order valence-corrected chi connectivity index (χ2v) is 5.47. The lowest BCUT2D eigenvalue weighted by atomic mass is 10.1. The number of halogens is 2. The first-order valence-electron chi connectivity index (χ1n) is 6.50. The third-order valence-electron chi connectivity index (χ3n) is 2.94. The highest BCUT2D eigenvalue weighted by atomic mass is 35.5. The first kappa shape index (κ1) is 15.8. The van der Waals surface area contributed by atoms with Crippen molar-refractivity contribution in [3.8, 4) is 0 Å². The molecule has 0 fully saturated rings. The molecule has 1 amide bonds. The number of hydrogen-bond donors (Lipinski definition) is 1. The number of amides is 1. The molecule has 1 N–H and O–H groups in total. The molecule has 2 rings (SSSR count). The van der Waals surface area contributed by atoms with E-state index in [0.29, 0.717) is 34.6 Å². The Morgan fingerprint density at radius 2 is 2.19 bits per heavy atom. The molecule has 112 valence electrons. The minimum absolute atomic E-state index is 0.116. The number of benzene rings is 1. The zero-order valence-corrected chi connectivity index (χ0v) is 13.2. The molecule has 0 saturated heterocycles. The van der Waals surface area contributed by atoms with Crippen molar-refractivity contribution in [2.45, 2.75) is 32.7 Å². The summed E-state index contributed by atoms with van der Waals surface area (Å²) in [5.41, 5.74) is 0.848. The number of nitrogens with one attached hydrogen (secondary N) is 1. The van der Waals surface area contributed by atoms with Crippen molar-refractivity contribution in [2.75, 3.05) is 0 Å². The van der Waals surface area contributed by atoms with Crippen molar-refractivity contribution in [2.24, 2.45) is 0 Å². The topological polar surface area (TPSA) is 68.0 Å². The smallest absolute Gasteiger partial charge is 0.248 e. The zero-order valence-electron chi connectivity index (χ0n) is 11.7. The molecule has 1 atom stereocenters. The van der Waals surface area contributed by atoms with Crippen molar-refractivity contribution in [1.29, 1.82) is 0 Å². The number of carbonyl (C=O) groups excluding carboxylic acids is 1. The summed E-state index contributed by atoms with van der Waals surface area (Å²) < 4.78 is 5.01. The maximum Gasteiger partial charge on any atom is 0.248 e. The van der Waals surface area contributed by atoms with Gasteiger partial charge in [-0.1, -0.05) is 40.5 Å². The molecule has 0 aliphatic carbocycles. The van der Waals surface area contributed by atoms with Crippen LogP contribution >= 0.6 is 23.2 Å². The number of nitrogens with zero attached hydrogens (tertiary/aromatic N) is 2. The molecule has 21 heavy (non-hydrogen) atoms. The fraction of sp³-hybridized carbons (Fsp3) is 0.357. The minimum atomic E-state index is -0.325. The predicted molar refractivity (Wildman–Crippen MR) is 80.4 cm³/mol. The molecule has 0 bridgehead atoms. The summed E-state index contributed by atoms with van der Waals surface area (Å²) in [6, 6.07) is 5.05. The Kier molecular flexibility index (Phi) is 5.20. The number of aromatic nitrogens is 2. The van der Waals surface area contributed by atoms with Crippen molar-refractivity contribution in [3.05, 3.63) is 45.5 Å². The van der Waals surface area contributed by atoms with Gasteiger partial charge in [-0.3, -0.25) is 4.79 Å². The van der Waals surface area contributed by atoms with E-state index in [9.17, 15) is 4.79 Å². The second-order valence-electron chi connectivity index (χ2n) is 4.68. The summed E-state index contributed by atoms with van der Waals surface area (Å²) in [7, 11) is 0. The van der Waals surface area contributed by atoms with Crippen LogP contribution in [0.15, 0.2) is 22.7 Å². The van der Waals surface area contributed by atoms with Gasteiger partial charge in [0.1, 0.15) is 6.04 Å². The predicted octanol–water partition coefficient (Wildman–Crippen LogP) is 3.49. The van der Waals surface area contributed by atoms with E-state index in [1.807, 2.05) is 12.1 Å². The summed E-state index contributed by atoms with van der Waals surface area (Å²) in [5, 5.41) is 7.48. The van der Waals surface area contributed by atoms with E-state index in [1.54, 1.807) is 19.9 Å². The molecular formula is C14H15Cl2N3O2. The highest BCUT2D eigenvalue weighted by Gasteiger charge is 2.15. The molecule has 5 nitrogen and oxygen atoms in total. The van der Waals surface area contributed by atoms with Crippen LogP contribution in [-0.2, 0) is 11.2 Å². The van der Waals surface area contributed by atoms with Gasteiger partial charge in [-0.05, 0) is 31.9 Å². The van der Waals surface area contributed by atoms with E-state index in [4.69, 9.17) is 27.7 Å². The lowest BCUT2D eigenvalue weighted by Crippen LogP contribution is -2.27. The molecule has 0 saturated carbocycles. The number of rotatable bonds is 5. The van der Waals surface area contributed by atoms with Gasteiger partial charge in [-0.2, -0.15) is 4.98 Å². The van der Waals surface area contributed by atoms with Crippen LogP contribution in [0.2, 0.25) is 10.0 Å². The van der Waals surface area contributed by atoms with Crippen molar-refractivity contribution in [1.82, 2.24) is 15.5 Å². The van der Waals surface area contributed by atoms with E-state index in [2.05, 4.69) is 15.5 Å². The van der Waals surface area contributed by atoms with Gasteiger partial charge in [-0.25, -0.2) is 0 Å². The second kappa shape index (κ2) is 6.91. The van der Waals surface area contributed by atoms with E-state index >= 15 is 0 Å². The molecule has 0 aliphatic heterocycles. The number of hydrogen-bond acceptors (Lipinski definition) is 4. The fourth-order valence-corrected chi connectivity index (χ4v) is 2.27. The quantitative estimate of drug-likeness (QED) is 0.912. The van der Waals surface area contributed by atoms with E-state index in [0.717, 1.165) is 5.56 Å². The SMILES string of the molecule is Cc1noc([C@@H](C)NC(=O)CCc2cccc(Cl)c2Cl)n1. The monoisotopic (exact) mass is 327 g/mol. The van der Waals surface area contributed by atoms with Crippen molar-refractivity contribution >= 4 is 29.1 Å². The molecule has 0 aliphatic rings. The summed E-state index contributed by atoms with van der Waals surface area (Å²) >= 11 is 12.0. The van der Waals surface area contributed by atoms with Crippen molar-refractivity contribution < 1.29 is 9.32 Å². The average molecular weight is 328 g/mol. The van der Waals surface area contributed by atoms with Gasteiger partial charge in [0, 0.05) is 6.42 Å². The molecule has 0 radical (unpaired) electrons. The summed E-state index contributed by atoms with van der Waals surface area (Å²) in [5.74, 6) is 0.813. The normalized spacial score (nSPS) is 12.2. The van der Waals surface area contributed by atoms with Crippen LogP contribution in [0.25, 0.3) is 0 Å². The van der Waals surface area contributed by atoms with E-state index in [-0.39, 0.29) is 11.9 Å². The maximum absolute atomic E-state index is 11.9. The van der Waals surface area contributed by atoms with Crippen LogP contribution in [0.4, 0.5) is 0 Å². The van der Waals surface area contributed by atoms with Gasteiger partial charge < -0.3 is 9.84 Å². The Hall–Kier alpha value is -1.59. The van der Waals surface area contributed by atoms with Gasteiger partial charge in [0.05, 0.1) is 10.0 Å². The number of aryl methyl sites for hydroxylation is 2. The summed E-state index contributed by atoms with van der Waals surface area (Å²) in [4.78, 5) is 16.0. The Bertz CT molecular complexity index is 643. The first-order valence-corrected chi connectivity index (χ1v) is 7.25.